The summed E-state index contributed by atoms with van der Waals surface area (Å²) < 4.78 is 41.8. The molecule has 1 amide bonds. The molecule has 2 rings (SSSR count). The molecule has 0 saturated heterocycles. The topological polar surface area (TPSA) is 115 Å². The number of allylic oxidation sites excluding steroid dienone is 2. The lowest BCUT2D eigenvalue weighted by atomic mass is 9.93. The first kappa shape index (κ1) is 17.4. The van der Waals surface area contributed by atoms with Crippen LogP contribution in [0.5, 0.6) is 0 Å². The molecule has 128 valence electrons. The van der Waals surface area contributed by atoms with Crippen molar-refractivity contribution in [1.82, 2.24) is 10.5 Å². The molecule has 1 heterocycles. The van der Waals surface area contributed by atoms with Crippen LogP contribution in [0.2, 0.25) is 0 Å². The highest BCUT2D eigenvalue weighted by atomic mass is 19.4. The molecule has 1 atom stereocenters. The van der Waals surface area contributed by atoms with Gasteiger partial charge in [-0.15, -0.1) is 0 Å². The van der Waals surface area contributed by atoms with Gasteiger partial charge in [0.1, 0.15) is 5.76 Å². The van der Waals surface area contributed by atoms with E-state index in [0.717, 1.165) is 12.2 Å². The molecule has 1 aliphatic carbocycles. The molecule has 0 spiro atoms. The number of halogens is 3. The number of hydrogen-bond donors (Lipinski definition) is 1. The number of carbonyl (C=O) groups excluding carboxylic acids is 2. The van der Waals surface area contributed by atoms with Crippen molar-refractivity contribution in [1.29, 1.82) is 0 Å². The molecule has 1 aliphatic rings. The number of nitrogens with zero attached hydrogens (tertiary/aromatic N) is 2. The Hall–Kier alpha value is -2.98. The summed E-state index contributed by atoms with van der Waals surface area (Å²) in [5.41, 5.74) is -0.137. The Balaban J connectivity index is 2.43. The highest BCUT2D eigenvalue weighted by molar-refractivity contribution is 6.07. The zero-order valence-electron chi connectivity index (χ0n) is 12.3. The van der Waals surface area contributed by atoms with Crippen molar-refractivity contribution in [2.24, 2.45) is 0 Å². The molecule has 1 N–H and O–H groups in total. The number of hydrogen-bond acceptors (Lipinski definition) is 6. The molecule has 0 saturated carbocycles. The van der Waals surface area contributed by atoms with Crippen LogP contribution in [0, 0.1) is 24.0 Å². The fourth-order valence-electron chi connectivity index (χ4n) is 2.22. The molecule has 0 aliphatic heterocycles. The molecule has 8 nitrogen and oxygen atoms in total. The summed E-state index contributed by atoms with van der Waals surface area (Å²) >= 11 is 0. The molecule has 0 aromatic carbocycles. The molecule has 0 fully saturated rings. The molecule has 1 unspecified atom stereocenters. The number of nitro groups is 1. The maximum Gasteiger partial charge on any atom is 0.471 e. The van der Waals surface area contributed by atoms with Crippen LogP contribution < -0.4 is 5.32 Å². The lowest BCUT2D eigenvalue weighted by Gasteiger charge is -2.18. The number of nitrogens with one attached hydrogen (secondary N) is 1. The summed E-state index contributed by atoms with van der Waals surface area (Å²) in [6, 6.07) is -2.03. The normalized spacial score (nSPS) is 18.0. The van der Waals surface area contributed by atoms with Crippen molar-refractivity contribution in [2.75, 3.05) is 0 Å². The van der Waals surface area contributed by atoms with Crippen LogP contribution in [0.4, 0.5) is 13.2 Å². The van der Waals surface area contributed by atoms with Gasteiger partial charge in [0.05, 0.1) is 10.6 Å². The second-order valence-corrected chi connectivity index (χ2v) is 4.93. The molecular formula is C13H10F3N3O5. The Kier molecular flexibility index (Phi) is 4.28. The molecule has 1 aromatic rings. The maximum atomic E-state index is 12.3. The number of ketones is 1. The quantitative estimate of drug-likeness (QED) is 0.655. The van der Waals surface area contributed by atoms with E-state index in [1.165, 1.54) is 19.2 Å². The minimum absolute atomic E-state index is 0.0699. The summed E-state index contributed by atoms with van der Waals surface area (Å²) in [5.74, 6) is -3.22. The Morgan fingerprint density at radius 1 is 1.38 bits per heavy atom. The van der Waals surface area contributed by atoms with Gasteiger partial charge in [-0.3, -0.25) is 19.7 Å². The average Bonchev–Trinajstić information content (AvgIpc) is 2.78. The predicted octanol–water partition coefficient (Wildman–Crippen LogP) is 1.47. The SMILES string of the molecule is Cc1noc(C)c1C1=CC(=O)C(NC(=O)C(F)(F)F)C([N+](=O)[O-])=C1. The summed E-state index contributed by atoms with van der Waals surface area (Å²) in [5, 5.41) is 16.1. The van der Waals surface area contributed by atoms with Crippen molar-refractivity contribution >= 4 is 17.3 Å². The van der Waals surface area contributed by atoms with Crippen LogP contribution in [-0.4, -0.2) is 34.0 Å². The van der Waals surface area contributed by atoms with Gasteiger partial charge in [0, 0.05) is 11.6 Å². The van der Waals surface area contributed by atoms with Crippen molar-refractivity contribution in [3.63, 3.8) is 0 Å². The summed E-state index contributed by atoms with van der Waals surface area (Å²) in [6.07, 6.45) is -3.45. The average molecular weight is 345 g/mol. The first-order chi connectivity index (χ1) is 11.0. The summed E-state index contributed by atoms with van der Waals surface area (Å²) in [6.45, 7) is 3.05. The van der Waals surface area contributed by atoms with E-state index in [1.807, 2.05) is 0 Å². The van der Waals surface area contributed by atoms with Crippen LogP contribution in [0.15, 0.2) is 22.4 Å². The van der Waals surface area contributed by atoms with Gasteiger partial charge in [-0.2, -0.15) is 13.2 Å². The van der Waals surface area contributed by atoms with Crippen LogP contribution in [0.25, 0.3) is 5.57 Å². The van der Waals surface area contributed by atoms with E-state index in [2.05, 4.69) is 5.16 Å². The van der Waals surface area contributed by atoms with Gasteiger partial charge in [-0.25, -0.2) is 0 Å². The van der Waals surface area contributed by atoms with Crippen molar-refractivity contribution in [3.05, 3.63) is 45.0 Å². The van der Waals surface area contributed by atoms with Gasteiger partial charge in [-0.1, -0.05) is 5.16 Å². The lowest BCUT2D eigenvalue weighted by Crippen LogP contribution is -2.49. The van der Waals surface area contributed by atoms with E-state index in [0.29, 0.717) is 11.3 Å². The Bertz CT molecular complexity index is 772. The van der Waals surface area contributed by atoms with Crippen molar-refractivity contribution in [2.45, 2.75) is 26.1 Å². The van der Waals surface area contributed by atoms with E-state index in [1.54, 1.807) is 0 Å². The Morgan fingerprint density at radius 2 is 2.00 bits per heavy atom. The number of aryl methyl sites for hydroxylation is 2. The number of alkyl halides is 3. The molecular weight excluding hydrogens is 335 g/mol. The van der Waals surface area contributed by atoms with Crippen molar-refractivity contribution in [3.8, 4) is 0 Å². The second kappa shape index (κ2) is 5.91. The van der Waals surface area contributed by atoms with E-state index >= 15 is 0 Å². The van der Waals surface area contributed by atoms with Gasteiger partial charge >= 0.3 is 12.1 Å². The minimum atomic E-state index is -5.27. The Morgan fingerprint density at radius 3 is 2.46 bits per heavy atom. The zero-order chi connectivity index (χ0) is 18.2. The van der Waals surface area contributed by atoms with E-state index in [9.17, 15) is 32.9 Å². The molecule has 11 heteroatoms. The number of rotatable bonds is 3. The predicted molar refractivity (Wildman–Crippen MR) is 72.0 cm³/mol. The third-order valence-corrected chi connectivity index (χ3v) is 3.25. The highest BCUT2D eigenvalue weighted by Crippen LogP contribution is 2.29. The Labute approximate surface area is 132 Å². The first-order valence-electron chi connectivity index (χ1n) is 6.44. The number of carbonyl (C=O) groups is 2. The van der Waals surface area contributed by atoms with Gasteiger partial charge in [0.15, 0.2) is 11.8 Å². The maximum absolute atomic E-state index is 12.3. The van der Waals surface area contributed by atoms with Crippen molar-refractivity contribution < 1.29 is 32.2 Å². The number of amides is 1. The van der Waals surface area contributed by atoms with Crippen LogP contribution in [0.1, 0.15) is 17.0 Å². The monoisotopic (exact) mass is 345 g/mol. The molecule has 1 aromatic heterocycles. The zero-order valence-corrected chi connectivity index (χ0v) is 12.3. The van der Waals surface area contributed by atoms with Gasteiger partial charge in [-0.05, 0) is 25.5 Å². The van der Waals surface area contributed by atoms with Crippen LogP contribution in [0.3, 0.4) is 0 Å². The van der Waals surface area contributed by atoms with E-state index < -0.39 is 34.5 Å². The first-order valence-corrected chi connectivity index (χ1v) is 6.44. The molecule has 0 bridgehead atoms. The van der Waals surface area contributed by atoms with Gasteiger partial charge in [0.2, 0.25) is 0 Å². The number of aromatic nitrogens is 1. The standard InChI is InChI=1S/C13H10F3N3O5/c1-5-10(6(2)24-18-5)7-3-8(19(22)23)11(9(20)4-7)17-12(21)13(14,15)16/h3-4,11H,1-2H3,(H,17,21). The summed E-state index contributed by atoms with van der Waals surface area (Å²) in [7, 11) is 0. The smallest absolute Gasteiger partial charge is 0.361 e. The molecule has 0 radical (unpaired) electrons. The van der Waals surface area contributed by atoms with Gasteiger partial charge < -0.3 is 9.84 Å². The van der Waals surface area contributed by atoms with E-state index in [4.69, 9.17) is 4.52 Å². The lowest BCUT2D eigenvalue weighted by molar-refractivity contribution is -0.428. The van der Waals surface area contributed by atoms with Crippen LogP contribution in [-0.2, 0) is 9.59 Å². The van der Waals surface area contributed by atoms with Crippen LogP contribution >= 0.6 is 0 Å². The third kappa shape index (κ3) is 3.19. The fraction of sp³-hybridized carbons (Fsp3) is 0.308. The van der Waals surface area contributed by atoms with Gasteiger partial charge in [0.25, 0.3) is 5.70 Å². The third-order valence-electron chi connectivity index (χ3n) is 3.25. The molecule has 24 heavy (non-hydrogen) atoms. The fourth-order valence-corrected chi connectivity index (χ4v) is 2.22. The minimum Gasteiger partial charge on any atom is -0.361 e. The summed E-state index contributed by atoms with van der Waals surface area (Å²) in [4.78, 5) is 33.1. The van der Waals surface area contributed by atoms with E-state index in [-0.39, 0.29) is 11.3 Å². The highest BCUT2D eigenvalue weighted by Gasteiger charge is 2.44. The largest absolute Gasteiger partial charge is 0.471 e. The second-order valence-electron chi connectivity index (χ2n) is 4.93.